The Morgan fingerprint density at radius 1 is 1.35 bits per heavy atom. The number of nitrogens with zero attached hydrogens (tertiary/aromatic N) is 1. The molecule has 1 unspecified atom stereocenters. The van der Waals surface area contributed by atoms with Gasteiger partial charge in [-0.15, -0.1) is 24.0 Å². The molecular formula is C15H26IN3O. The van der Waals surface area contributed by atoms with Gasteiger partial charge in [0.05, 0.1) is 13.7 Å². The second kappa shape index (κ2) is 10.8. The molecule has 1 aromatic carbocycles. The third kappa shape index (κ3) is 6.98. The summed E-state index contributed by atoms with van der Waals surface area (Å²) in [5.74, 6) is 1.73. The maximum Gasteiger partial charge on any atom is 0.191 e. The number of guanidine groups is 1. The maximum absolute atomic E-state index is 5.21. The lowest BCUT2D eigenvalue weighted by Gasteiger charge is -2.16. The van der Waals surface area contributed by atoms with Crippen LogP contribution in [-0.2, 0) is 6.54 Å². The van der Waals surface area contributed by atoms with E-state index in [1.54, 1.807) is 7.11 Å². The lowest BCUT2D eigenvalue weighted by atomic mass is 10.2. The number of halogens is 1. The average molecular weight is 391 g/mol. The van der Waals surface area contributed by atoms with Crippen molar-refractivity contribution in [3.63, 3.8) is 0 Å². The fourth-order valence-corrected chi connectivity index (χ4v) is 1.60. The predicted octanol–water partition coefficient (Wildman–Crippen LogP) is 3.17. The molecule has 5 heteroatoms. The number of ether oxygens (including phenoxy) is 1. The van der Waals surface area contributed by atoms with Gasteiger partial charge in [-0.1, -0.05) is 19.1 Å². The molecule has 0 aliphatic rings. The Morgan fingerprint density at radius 2 is 2.10 bits per heavy atom. The van der Waals surface area contributed by atoms with E-state index in [-0.39, 0.29) is 24.0 Å². The van der Waals surface area contributed by atoms with E-state index in [1.165, 1.54) is 0 Å². The van der Waals surface area contributed by atoms with Crippen LogP contribution in [-0.4, -0.2) is 25.7 Å². The Kier molecular flexibility index (Phi) is 10.2. The van der Waals surface area contributed by atoms with Gasteiger partial charge in [0, 0.05) is 12.6 Å². The number of rotatable bonds is 6. The predicted molar refractivity (Wildman–Crippen MR) is 96.1 cm³/mol. The highest BCUT2D eigenvalue weighted by Gasteiger charge is 2.02. The van der Waals surface area contributed by atoms with Crippen molar-refractivity contribution in [2.75, 3.05) is 13.7 Å². The van der Waals surface area contributed by atoms with Crippen LogP contribution in [0.3, 0.4) is 0 Å². The molecule has 0 saturated heterocycles. The van der Waals surface area contributed by atoms with Crippen molar-refractivity contribution in [2.24, 2.45) is 4.99 Å². The smallest absolute Gasteiger partial charge is 0.191 e. The van der Waals surface area contributed by atoms with E-state index in [4.69, 9.17) is 4.74 Å². The van der Waals surface area contributed by atoms with Crippen LogP contribution >= 0.6 is 24.0 Å². The fraction of sp³-hybridized carbons (Fsp3) is 0.533. The highest BCUT2D eigenvalue weighted by Crippen LogP contribution is 2.13. The van der Waals surface area contributed by atoms with Gasteiger partial charge in [0.25, 0.3) is 0 Å². The molecule has 0 aliphatic carbocycles. The van der Waals surface area contributed by atoms with Gasteiger partial charge in [-0.3, -0.25) is 0 Å². The Balaban J connectivity index is 0.00000361. The molecule has 4 nitrogen and oxygen atoms in total. The first-order valence-electron chi connectivity index (χ1n) is 6.87. The highest BCUT2D eigenvalue weighted by molar-refractivity contribution is 14.0. The van der Waals surface area contributed by atoms with Crippen LogP contribution in [0.5, 0.6) is 5.75 Å². The summed E-state index contributed by atoms with van der Waals surface area (Å²) in [6, 6.07) is 8.41. The van der Waals surface area contributed by atoms with Crippen LogP contribution in [0.4, 0.5) is 0 Å². The molecule has 0 radical (unpaired) electrons. The highest BCUT2D eigenvalue weighted by atomic mass is 127. The van der Waals surface area contributed by atoms with Gasteiger partial charge >= 0.3 is 0 Å². The molecule has 0 aromatic heterocycles. The molecule has 1 rings (SSSR count). The molecule has 1 aromatic rings. The summed E-state index contributed by atoms with van der Waals surface area (Å²) < 4.78 is 5.21. The minimum Gasteiger partial charge on any atom is -0.497 e. The van der Waals surface area contributed by atoms with Crippen molar-refractivity contribution in [1.29, 1.82) is 0 Å². The molecule has 0 aliphatic heterocycles. The third-order valence-electron chi connectivity index (χ3n) is 2.89. The molecule has 0 heterocycles. The summed E-state index contributed by atoms with van der Waals surface area (Å²) in [7, 11) is 1.68. The van der Waals surface area contributed by atoms with Crippen LogP contribution in [0.25, 0.3) is 0 Å². The summed E-state index contributed by atoms with van der Waals surface area (Å²) in [5.41, 5.74) is 1.14. The number of methoxy groups -OCH3 is 1. The van der Waals surface area contributed by atoms with Crippen molar-refractivity contribution in [2.45, 2.75) is 39.8 Å². The molecular weight excluding hydrogens is 365 g/mol. The van der Waals surface area contributed by atoms with Gasteiger partial charge in [0.1, 0.15) is 5.75 Å². The lowest BCUT2D eigenvalue weighted by Crippen LogP contribution is -2.41. The Hall–Kier alpha value is -0.980. The summed E-state index contributed by atoms with van der Waals surface area (Å²) in [6.07, 6.45) is 1.07. The molecule has 0 amide bonds. The number of hydrogen-bond donors (Lipinski definition) is 2. The number of hydrogen-bond acceptors (Lipinski definition) is 2. The number of aliphatic imine (C=N–C) groups is 1. The first-order valence-corrected chi connectivity index (χ1v) is 6.87. The first-order chi connectivity index (χ1) is 9.19. The van der Waals surface area contributed by atoms with Gasteiger partial charge in [-0.2, -0.15) is 0 Å². The molecule has 0 saturated carbocycles. The van der Waals surface area contributed by atoms with Crippen molar-refractivity contribution in [3.05, 3.63) is 29.8 Å². The largest absolute Gasteiger partial charge is 0.497 e. The topological polar surface area (TPSA) is 45.7 Å². The van der Waals surface area contributed by atoms with Crippen molar-refractivity contribution >= 4 is 29.9 Å². The quantitative estimate of drug-likeness (QED) is 0.445. The van der Waals surface area contributed by atoms with Crippen LogP contribution in [0.15, 0.2) is 29.3 Å². The average Bonchev–Trinajstić information content (AvgIpc) is 2.45. The summed E-state index contributed by atoms with van der Waals surface area (Å²) in [4.78, 5) is 4.59. The minimum atomic E-state index is 0. The van der Waals surface area contributed by atoms with Crippen LogP contribution in [0.2, 0.25) is 0 Å². The standard InChI is InChI=1S/C15H25N3O.HI/c1-5-12(3)18-15(16-6-2)17-11-13-8-7-9-14(10-13)19-4;/h7-10,12H,5-6,11H2,1-4H3,(H2,16,17,18);1H. The van der Waals surface area contributed by atoms with E-state index in [0.29, 0.717) is 12.6 Å². The zero-order valence-electron chi connectivity index (χ0n) is 12.8. The van der Waals surface area contributed by atoms with E-state index in [9.17, 15) is 0 Å². The zero-order chi connectivity index (χ0) is 14.1. The first kappa shape index (κ1) is 19.0. The number of nitrogens with one attached hydrogen (secondary N) is 2. The third-order valence-corrected chi connectivity index (χ3v) is 2.89. The molecule has 2 N–H and O–H groups in total. The van der Waals surface area contributed by atoms with Crippen LogP contribution < -0.4 is 15.4 Å². The lowest BCUT2D eigenvalue weighted by molar-refractivity contribution is 0.414. The SMILES string of the molecule is CCNC(=NCc1cccc(OC)c1)NC(C)CC.I. The van der Waals surface area contributed by atoms with Crippen molar-refractivity contribution in [3.8, 4) is 5.75 Å². The van der Waals surface area contributed by atoms with E-state index >= 15 is 0 Å². The Morgan fingerprint density at radius 3 is 2.70 bits per heavy atom. The fourth-order valence-electron chi connectivity index (χ4n) is 1.60. The summed E-state index contributed by atoms with van der Waals surface area (Å²) in [5, 5.41) is 6.63. The van der Waals surface area contributed by atoms with Gasteiger partial charge in [0.15, 0.2) is 5.96 Å². The van der Waals surface area contributed by atoms with E-state index in [1.807, 2.05) is 18.2 Å². The second-order valence-electron chi connectivity index (χ2n) is 4.50. The Labute approximate surface area is 139 Å². The molecule has 1 atom stereocenters. The van der Waals surface area contributed by atoms with E-state index in [2.05, 4.69) is 42.5 Å². The van der Waals surface area contributed by atoms with Gasteiger partial charge in [0.2, 0.25) is 0 Å². The zero-order valence-corrected chi connectivity index (χ0v) is 15.1. The number of benzene rings is 1. The summed E-state index contributed by atoms with van der Waals surface area (Å²) >= 11 is 0. The Bertz CT molecular complexity index is 410. The maximum atomic E-state index is 5.21. The van der Waals surface area contributed by atoms with Gasteiger partial charge in [-0.05, 0) is 38.0 Å². The molecule has 114 valence electrons. The molecule has 0 spiro atoms. The normalized spacial score (nSPS) is 12.3. The second-order valence-corrected chi connectivity index (χ2v) is 4.50. The summed E-state index contributed by atoms with van der Waals surface area (Å²) in [6.45, 7) is 7.88. The van der Waals surface area contributed by atoms with Gasteiger partial charge in [-0.25, -0.2) is 4.99 Å². The van der Waals surface area contributed by atoms with Crippen LogP contribution in [0.1, 0.15) is 32.8 Å². The van der Waals surface area contributed by atoms with Crippen molar-refractivity contribution < 1.29 is 4.74 Å². The molecule has 20 heavy (non-hydrogen) atoms. The van der Waals surface area contributed by atoms with E-state index < -0.39 is 0 Å². The molecule has 0 bridgehead atoms. The van der Waals surface area contributed by atoms with Crippen LogP contribution in [0, 0.1) is 0 Å². The molecule has 0 fully saturated rings. The minimum absolute atomic E-state index is 0. The van der Waals surface area contributed by atoms with Gasteiger partial charge < -0.3 is 15.4 Å². The van der Waals surface area contributed by atoms with E-state index in [0.717, 1.165) is 30.2 Å². The monoisotopic (exact) mass is 391 g/mol. The van der Waals surface area contributed by atoms with Crippen molar-refractivity contribution in [1.82, 2.24) is 10.6 Å².